The fourth-order valence-corrected chi connectivity index (χ4v) is 3.36. The van der Waals surface area contributed by atoms with Crippen LogP contribution in [0.4, 0.5) is 5.82 Å². The summed E-state index contributed by atoms with van der Waals surface area (Å²) >= 11 is 0. The van der Waals surface area contributed by atoms with Crippen LogP contribution in [0, 0.1) is 5.92 Å². The van der Waals surface area contributed by atoms with Gasteiger partial charge in [-0.25, -0.2) is 9.97 Å². The average molecular weight is 276 g/mol. The molecule has 0 bridgehead atoms. The van der Waals surface area contributed by atoms with Crippen molar-refractivity contribution in [1.82, 2.24) is 14.9 Å². The Balaban J connectivity index is 1.53. The first-order chi connectivity index (χ1) is 9.84. The van der Waals surface area contributed by atoms with Crippen molar-refractivity contribution in [2.75, 3.05) is 44.3 Å². The highest BCUT2D eigenvalue weighted by Crippen LogP contribution is 2.26. The van der Waals surface area contributed by atoms with Gasteiger partial charge in [0.15, 0.2) is 0 Å². The molecule has 0 aliphatic carbocycles. The summed E-state index contributed by atoms with van der Waals surface area (Å²) in [5.41, 5.74) is 0. The molecule has 3 rings (SSSR count). The quantitative estimate of drug-likeness (QED) is 0.835. The molecule has 1 aromatic rings. The summed E-state index contributed by atoms with van der Waals surface area (Å²) < 4.78 is 5.45. The van der Waals surface area contributed by atoms with E-state index in [4.69, 9.17) is 4.74 Å². The molecule has 0 spiro atoms. The second-order valence-corrected chi connectivity index (χ2v) is 5.78. The highest BCUT2D eigenvalue weighted by Gasteiger charge is 2.28. The molecule has 0 aromatic carbocycles. The zero-order valence-corrected chi connectivity index (χ0v) is 12.2. The molecule has 0 N–H and O–H groups in total. The smallest absolute Gasteiger partial charge is 0.131 e. The van der Waals surface area contributed by atoms with Gasteiger partial charge in [0.25, 0.3) is 0 Å². The van der Waals surface area contributed by atoms with Crippen LogP contribution in [-0.4, -0.2) is 60.3 Å². The van der Waals surface area contributed by atoms with Crippen molar-refractivity contribution >= 4 is 5.82 Å². The van der Waals surface area contributed by atoms with Crippen LogP contribution in [0.1, 0.15) is 19.8 Å². The lowest BCUT2D eigenvalue weighted by Crippen LogP contribution is -2.48. The Bertz CT molecular complexity index is 400. The monoisotopic (exact) mass is 276 g/mol. The summed E-state index contributed by atoms with van der Waals surface area (Å²) in [6, 6.07) is 2.68. The topological polar surface area (TPSA) is 41.5 Å². The number of aromatic nitrogens is 2. The number of morpholine rings is 1. The molecule has 1 aromatic heterocycles. The highest BCUT2D eigenvalue weighted by atomic mass is 16.5. The lowest BCUT2D eigenvalue weighted by atomic mass is 9.89. The lowest BCUT2D eigenvalue weighted by Gasteiger charge is -2.41. The minimum atomic E-state index is 0.673. The minimum absolute atomic E-state index is 0.673. The van der Waals surface area contributed by atoms with E-state index in [1.807, 2.05) is 12.3 Å². The van der Waals surface area contributed by atoms with E-state index in [0.717, 1.165) is 51.1 Å². The fourth-order valence-electron chi connectivity index (χ4n) is 3.36. The van der Waals surface area contributed by atoms with Crippen LogP contribution in [0.5, 0.6) is 0 Å². The number of hydrogen-bond acceptors (Lipinski definition) is 5. The van der Waals surface area contributed by atoms with Gasteiger partial charge in [0.05, 0.1) is 13.2 Å². The number of piperidine rings is 1. The van der Waals surface area contributed by atoms with Crippen LogP contribution in [0.15, 0.2) is 18.6 Å². The normalized spacial score (nSPS) is 23.8. The molecule has 2 aliphatic heterocycles. The van der Waals surface area contributed by atoms with Gasteiger partial charge < -0.3 is 9.64 Å². The van der Waals surface area contributed by atoms with E-state index in [1.54, 1.807) is 6.33 Å². The molecule has 2 fully saturated rings. The Morgan fingerprint density at radius 2 is 1.95 bits per heavy atom. The molecule has 0 radical (unpaired) electrons. The summed E-state index contributed by atoms with van der Waals surface area (Å²) in [5, 5.41) is 0. The molecule has 20 heavy (non-hydrogen) atoms. The van der Waals surface area contributed by atoms with Gasteiger partial charge in [0.1, 0.15) is 12.1 Å². The van der Waals surface area contributed by atoms with E-state index in [2.05, 4.69) is 26.7 Å². The SMILES string of the molecule is CC(C1CCN(c2ccncn2)CC1)N1CCOCC1. The maximum Gasteiger partial charge on any atom is 0.131 e. The molecular formula is C15H24N4O. The first-order valence-electron chi connectivity index (χ1n) is 7.67. The zero-order chi connectivity index (χ0) is 13.8. The molecule has 0 amide bonds. The van der Waals surface area contributed by atoms with Crippen molar-refractivity contribution in [2.24, 2.45) is 5.92 Å². The third-order valence-electron chi connectivity index (χ3n) is 4.73. The molecule has 1 unspecified atom stereocenters. The molecule has 110 valence electrons. The summed E-state index contributed by atoms with van der Waals surface area (Å²) in [6.45, 7) is 8.57. The maximum absolute atomic E-state index is 5.45. The van der Waals surface area contributed by atoms with Gasteiger partial charge in [0, 0.05) is 38.4 Å². The van der Waals surface area contributed by atoms with E-state index >= 15 is 0 Å². The third kappa shape index (κ3) is 3.10. The van der Waals surface area contributed by atoms with E-state index < -0.39 is 0 Å². The number of rotatable bonds is 3. The van der Waals surface area contributed by atoms with Gasteiger partial charge in [-0.05, 0) is 31.7 Å². The summed E-state index contributed by atoms with van der Waals surface area (Å²) in [6.07, 6.45) is 5.97. The summed E-state index contributed by atoms with van der Waals surface area (Å²) in [7, 11) is 0. The van der Waals surface area contributed by atoms with Gasteiger partial charge in [-0.2, -0.15) is 0 Å². The van der Waals surface area contributed by atoms with E-state index in [1.165, 1.54) is 12.8 Å². The van der Waals surface area contributed by atoms with E-state index in [-0.39, 0.29) is 0 Å². The van der Waals surface area contributed by atoms with Gasteiger partial charge in [0.2, 0.25) is 0 Å². The van der Waals surface area contributed by atoms with Crippen molar-refractivity contribution in [2.45, 2.75) is 25.8 Å². The molecule has 3 heterocycles. The van der Waals surface area contributed by atoms with E-state index in [0.29, 0.717) is 6.04 Å². The first-order valence-corrected chi connectivity index (χ1v) is 7.67. The Kier molecular flexibility index (Phi) is 4.47. The summed E-state index contributed by atoms with van der Waals surface area (Å²) in [4.78, 5) is 13.3. The van der Waals surface area contributed by atoms with Crippen LogP contribution in [0.2, 0.25) is 0 Å². The molecular weight excluding hydrogens is 252 g/mol. The molecule has 1 atom stereocenters. The van der Waals surface area contributed by atoms with Crippen molar-refractivity contribution in [1.29, 1.82) is 0 Å². The molecule has 5 heteroatoms. The van der Waals surface area contributed by atoms with Crippen LogP contribution < -0.4 is 4.90 Å². The zero-order valence-electron chi connectivity index (χ0n) is 12.2. The maximum atomic E-state index is 5.45. The molecule has 2 aliphatic rings. The Morgan fingerprint density at radius 3 is 2.60 bits per heavy atom. The average Bonchev–Trinajstić information content (AvgIpc) is 2.56. The van der Waals surface area contributed by atoms with Crippen molar-refractivity contribution in [3.05, 3.63) is 18.6 Å². The minimum Gasteiger partial charge on any atom is -0.379 e. The van der Waals surface area contributed by atoms with Gasteiger partial charge in [-0.15, -0.1) is 0 Å². The number of hydrogen-bond donors (Lipinski definition) is 0. The number of nitrogens with zero attached hydrogens (tertiary/aromatic N) is 4. The number of ether oxygens (including phenoxy) is 1. The van der Waals surface area contributed by atoms with Gasteiger partial charge in [-0.1, -0.05) is 0 Å². The van der Waals surface area contributed by atoms with Crippen LogP contribution >= 0.6 is 0 Å². The largest absolute Gasteiger partial charge is 0.379 e. The van der Waals surface area contributed by atoms with Crippen molar-refractivity contribution in [3.63, 3.8) is 0 Å². The molecule has 5 nitrogen and oxygen atoms in total. The van der Waals surface area contributed by atoms with Gasteiger partial charge >= 0.3 is 0 Å². The standard InChI is InChI=1S/C15H24N4O/c1-13(18-8-10-20-11-9-18)14-3-6-19(7-4-14)15-2-5-16-12-17-15/h2,5,12-14H,3-4,6-11H2,1H3. The Hall–Kier alpha value is -1.20. The molecule has 2 saturated heterocycles. The van der Waals surface area contributed by atoms with Crippen LogP contribution in [0.3, 0.4) is 0 Å². The summed E-state index contributed by atoms with van der Waals surface area (Å²) in [5.74, 6) is 1.86. The Morgan fingerprint density at radius 1 is 1.20 bits per heavy atom. The second-order valence-electron chi connectivity index (χ2n) is 5.78. The molecule has 0 saturated carbocycles. The predicted octanol–water partition coefficient (Wildman–Crippen LogP) is 1.41. The highest BCUT2D eigenvalue weighted by molar-refractivity contribution is 5.36. The number of anilines is 1. The first kappa shape index (κ1) is 13.8. The Labute approximate surface area is 121 Å². The van der Waals surface area contributed by atoms with Crippen molar-refractivity contribution < 1.29 is 4.74 Å². The van der Waals surface area contributed by atoms with Crippen LogP contribution in [-0.2, 0) is 4.74 Å². The van der Waals surface area contributed by atoms with Gasteiger partial charge in [-0.3, -0.25) is 4.90 Å². The third-order valence-corrected chi connectivity index (χ3v) is 4.73. The van der Waals surface area contributed by atoms with E-state index in [9.17, 15) is 0 Å². The fraction of sp³-hybridized carbons (Fsp3) is 0.733. The predicted molar refractivity (Wildman–Crippen MR) is 78.8 cm³/mol. The van der Waals surface area contributed by atoms with Crippen LogP contribution in [0.25, 0.3) is 0 Å². The van der Waals surface area contributed by atoms with Crippen molar-refractivity contribution in [3.8, 4) is 0 Å². The lowest BCUT2D eigenvalue weighted by molar-refractivity contribution is 0.00448. The second kappa shape index (κ2) is 6.50.